The van der Waals surface area contributed by atoms with Gasteiger partial charge in [0.2, 0.25) is 0 Å². The number of amides is 1. The number of rotatable bonds is 4. The van der Waals surface area contributed by atoms with E-state index in [0.29, 0.717) is 24.4 Å². The van der Waals surface area contributed by atoms with Crippen molar-refractivity contribution < 1.29 is 13.9 Å². The third-order valence-electron chi connectivity index (χ3n) is 6.26. The van der Waals surface area contributed by atoms with E-state index in [0.717, 1.165) is 34.9 Å². The molecule has 1 aromatic carbocycles. The summed E-state index contributed by atoms with van der Waals surface area (Å²) in [6.07, 6.45) is 3.66. The Morgan fingerprint density at radius 3 is 2.66 bits per heavy atom. The number of benzene rings is 1. The van der Waals surface area contributed by atoms with Crippen molar-refractivity contribution in [2.24, 2.45) is 0 Å². The maximum atomic E-state index is 13.0. The van der Waals surface area contributed by atoms with Crippen molar-refractivity contribution in [2.45, 2.75) is 13.0 Å². The lowest BCUT2D eigenvalue weighted by Gasteiger charge is -2.38. The Morgan fingerprint density at radius 1 is 1.12 bits per heavy atom. The number of hydrogen-bond acceptors (Lipinski definition) is 5. The topological polar surface area (TPSA) is 63.2 Å². The van der Waals surface area contributed by atoms with Crippen LogP contribution >= 0.6 is 0 Å². The van der Waals surface area contributed by atoms with Crippen molar-refractivity contribution in [2.75, 3.05) is 33.8 Å². The molecule has 1 fully saturated rings. The van der Waals surface area contributed by atoms with E-state index in [9.17, 15) is 4.79 Å². The zero-order valence-corrected chi connectivity index (χ0v) is 18.5. The SMILES string of the molecule is COc1ccc(-c2cccc3nc([C@H]4CN(C(=O)c5ccoc5C)CCN4C)cn23)cc1. The first-order valence-corrected chi connectivity index (χ1v) is 10.7. The van der Waals surface area contributed by atoms with Crippen LogP contribution in [-0.4, -0.2) is 58.9 Å². The molecule has 0 saturated carbocycles. The second-order valence-electron chi connectivity index (χ2n) is 8.17. The Bertz CT molecular complexity index is 1260. The number of furan rings is 1. The number of hydrogen-bond donors (Lipinski definition) is 0. The summed E-state index contributed by atoms with van der Waals surface area (Å²) in [5.74, 6) is 1.49. The first-order chi connectivity index (χ1) is 15.5. The number of ether oxygens (including phenoxy) is 1. The largest absolute Gasteiger partial charge is 0.497 e. The highest BCUT2D eigenvalue weighted by atomic mass is 16.5. The fourth-order valence-electron chi connectivity index (χ4n) is 4.34. The predicted molar refractivity (Wildman–Crippen MR) is 122 cm³/mol. The van der Waals surface area contributed by atoms with Gasteiger partial charge in [0.15, 0.2) is 0 Å². The highest BCUT2D eigenvalue weighted by molar-refractivity contribution is 5.95. The smallest absolute Gasteiger partial charge is 0.257 e. The normalized spacial score (nSPS) is 17.1. The van der Waals surface area contributed by atoms with Gasteiger partial charge >= 0.3 is 0 Å². The van der Waals surface area contributed by atoms with Crippen LogP contribution in [0.4, 0.5) is 0 Å². The summed E-state index contributed by atoms with van der Waals surface area (Å²) in [7, 11) is 3.75. The number of imidazole rings is 1. The van der Waals surface area contributed by atoms with Gasteiger partial charge < -0.3 is 14.1 Å². The number of aryl methyl sites for hydroxylation is 1. The molecule has 1 aliphatic heterocycles. The number of piperazine rings is 1. The molecular weight excluding hydrogens is 404 g/mol. The molecule has 7 heteroatoms. The van der Waals surface area contributed by atoms with E-state index in [2.05, 4.69) is 28.6 Å². The van der Waals surface area contributed by atoms with Crippen molar-refractivity contribution in [3.8, 4) is 17.0 Å². The molecule has 1 amide bonds. The van der Waals surface area contributed by atoms with Gasteiger partial charge in [-0.15, -0.1) is 0 Å². The van der Waals surface area contributed by atoms with Crippen molar-refractivity contribution in [1.82, 2.24) is 19.2 Å². The number of pyridine rings is 1. The Hall–Kier alpha value is -3.58. The van der Waals surface area contributed by atoms with Crippen molar-refractivity contribution in [1.29, 1.82) is 0 Å². The number of carbonyl (C=O) groups is 1. The van der Waals surface area contributed by atoms with Gasteiger partial charge in [0.1, 0.15) is 17.2 Å². The van der Waals surface area contributed by atoms with Crippen molar-refractivity contribution in [3.05, 3.63) is 78.0 Å². The van der Waals surface area contributed by atoms with E-state index >= 15 is 0 Å². The van der Waals surface area contributed by atoms with Gasteiger partial charge in [-0.2, -0.15) is 0 Å². The second-order valence-corrected chi connectivity index (χ2v) is 8.17. The van der Waals surface area contributed by atoms with E-state index < -0.39 is 0 Å². The minimum absolute atomic E-state index is 0.0111. The van der Waals surface area contributed by atoms with Crippen LogP contribution < -0.4 is 4.74 Å². The van der Waals surface area contributed by atoms with Gasteiger partial charge in [-0.3, -0.25) is 14.1 Å². The van der Waals surface area contributed by atoms with Gasteiger partial charge in [0.05, 0.1) is 36.4 Å². The molecule has 5 rings (SSSR count). The highest BCUT2D eigenvalue weighted by Gasteiger charge is 2.31. The fraction of sp³-hybridized carbons (Fsp3) is 0.280. The van der Waals surface area contributed by atoms with E-state index in [1.807, 2.05) is 48.2 Å². The van der Waals surface area contributed by atoms with Gasteiger partial charge in [-0.1, -0.05) is 6.07 Å². The van der Waals surface area contributed by atoms with Crippen LogP contribution in [0.25, 0.3) is 16.9 Å². The quantitative estimate of drug-likeness (QED) is 0.489. The summed E-state index contributed by atoms with van der Waals surface area (Å²) in [6.45, 7) is 3.87. The molecule has 0 radical (unpaired) electrons. The summed E-state index contributed by atoms with van der Waals surface area (Å²) in [4.78, 5) is 22.1. The fourth-order valence-corrected chi connectivity index (χ4v) is 4.34. The van der Waals surface area contributed by atoms with E-state index in [1.54, 1.807) is 19.4 Å². The molecule has 0 unspecified atom stereocenters. The third kappa shape index (κ3) is 3.54. The lowest BCUT2D eigenvalue weighted by atomic mass is 10.1. The standard InChI is InChI=1S/C25H26N4O3/c1-17-20(11-14-32-17)25(30)28-13-12-27(2)23(16-28)21-15-29-22(5-4-6-24(29)26-21)18-7-9-19(31-3)10-8-18/h4-11,14-15,23H,12-13,16H2,1-3H3/t23-/m1/s1. The number of methoxy groups -OCH3 is 1. The molecule has 1 atom stereocenters. The molecule has 0 bridgehead atoms. The number of likely N-dealkylation sites (N-methyl/N-ethyl adjacent to an activating group) is 1. The van der Waals surface area contributed by atoms with Crippen LogP contribution in [0.1, 0.15) is 27.9 Å². The summed E-state index contributed by atoms with van der Waals surface area (Å²) >= 11 is 0. The lowest BCUT2D eigenvalue weighted by molar-refractivity contribution is 0.0539. The van der Waals surface area contributed by atoms with Crippen LogP contribution in [0.15, 0.2) is 65.4 Å². The first-order valence-electron chi connectivity index (χ1n) is 10.7. The highest BCUT2D eigenvalue weighted by Crippen LogP contribution is 2.28. The number of aromatic nitrogens is 2. The maximum absolute atomic E-state index is 13.0. The van der Waals surface area contributed by atoms with E-state index in [4.69, 9.17) is 14.1 Å². The second kappa shape index (κ2) is 8.16. The minimum atomic E-state index is 0.0111. The van der Waals surface area contributed by atoms with Crippen LogP contribution in [0.5, 0.6) is 5.75 Å². The predicted octanol–water partition coefficient (Wildman–Crippen LogP) is 4.04. The first kappa shape index (κ1) is 20.3. The minimum Gasteiger partial charge on any atom is -0.497 e. The van der Waals surface area contributed by atoms with Crippen LogP contribution in [0.3, 0.4) is 0 Å². The average molecular weight is 431 g/mol. The lowest BCUT2D eigenvalue weighted by Crippen LogP contribution is -2.49. The van der Waals surface area contributed by atoms with Gasteiger partial charge in [0, 0.05) is 25.8 Å². The number of fused-ring (bicyclic) bond motifs is 1. The Labute approximate surface area is 186 Å². The molecule has 0 aliphatic carbocycles. The summed E-state index contributed by atoms with van der Waals surface area (Å²) in [6, 6.07) is 15.9. The summed E-state index contributed by atoms with van der Waals surface area (Å²) < 4.78 is 12.7. The van der Waals surface area contributed by atoms with E-state index in [-0.39, 0.29) is 11.9 Å². The van der Waals surface area contributed by atoms with Crippen LogP contribution in [0.2, 0.25) is 0 Å². The molecule has 1 aliphatic rings. The van der Waals surface area contributed by atoms with Crippen molar-refractivity contribution >= 4 is 11.6 Å². The zero-order chi connectivity index (χ0) is 22.2. The maximum Gasteiger partial charge on any atom is 0.257 e. The van der Waals surface area contributed by atoms with Crippen molar-refractivity contribution in [3.63, 3.8) is 0 Å². The molecule has 7 nitrogen and oxygen atoms in total. The number of carbonyl (C=O) groups excluding carboxylic acids is 1. The Morgan fingerprint density at radius 2 is 1.94 bits per heavy atom. The van der Waals surface area contributed by atoms with Crippen LogP contribution in [-0.2, 0) is 0 Å². The number of nitrogens with zero attached hydrogens (tertiary/aromatic N) is 4. The molecule has 1 saturated heterocycles. The molecule has 4 heterocycles. The van der Waals surface area contributed by atoms with Gasteiger partial charge in [-0.25, -0.2) is 4.98 Å². The molecule has 0 spiro atoms. The average Bonchev–Trinajstić information content (AvgIpc) is 3.45. The molecular formula is C25H26N4O3. The molecule has 3 aromatic heterocycles. The van der Waals surface area contributed by atoms with E-state index in [1.165, 1.54) is 0 Å². The molecule has 32 heavy (non-hydrogen) atoms. The molecule has 0 N–H and O–H groups in total. The van der Waals surface area contributed by atoms with Gasteiger partial charge in [-0.05, 0) is 62.0 Å². The third-order valence-corrected chi connectivity index (χ3v) is 6.26. The zero-order valence-electron chi connectivity index (χ0n) is 18.5. The summed E-state index contributed by atoms with van der Waals surface area (Å²) in [5, 5.41) is 0. The molecule has 4 aromatic rings. The Balaban J connectivity index is 1.47. The molecule has 164 valence electrons. The van der Waals surface area contributed by atoms with Gasteiger partial charge in [0.25, 0.3) is 5.91 Å². The monoisotopic (exact) mass is 430 g/mol. The summed E-state index contributed by atoms with van der Waals surface area (Å²) in [5.41, 5.74) is 4.62. The Kier molecular flexibility index (Phi) is 5.19. The van der Waals surface area contributed by atoms with Crippen LogP contribution in [0, 0.1) is 6.92 Å².